The van der Waals surface area contributed by atoms with Crippen LogP contribution in [0.1, 0.15) is 0 Å². The van der Waals surface area contributed by atoms with Crippen LogP contribution in [0.4, 0.5) is 0 Å². The summed E-state index contributed by atoms with van der Waals surface area (Å²) in [6.07, 6.45) is 0. The fourth-order valence-electron chi connectivity index (χ4n) is 1.72. The third-order valence-electron chi connectivity index (χ3n) is 2.55. The van der Waals surface area contributed by atoms with Crippen LogP contribution in [-0.2, 0) is 0 Å². The molecule has 0 unspecified atom stereocenters. The molecule has 0 radical (unpaired) electrons. The molecule has 80 valence electrons. The maximum absolute atomic E-state index is 5.85. The van der Waals surface area contributed by atoms with Gasteiger partial charge in [0.25, 0.3) is 0 Å². The molecule has 0 aromatic heterocycles. The normalized spacial score (nSPS) is 12.8. The van der Waals surface area contributed by atoms with Crippen LogP contribution in [-0.4, -0.2) is 6.79 Å². The number of hydrogen-bond acceptors (Lipinski definition) is 2. The number of rotatable bonds is 1. The first-order valence-electron chi connectivity index (χ1n) is 4.98. The average Bonchev–Trinajstić information content (AvgIpc) is 2.77. The van der Waals surface area contributed by atoms with Crippen molar-refractivity contribution in [1.29, 1.82) is 0 Å². The molecule has 1 heterocycles. The topological polar surface area (TPSA) is 18.5 Å². The molecule has 0 fully saturated rings. The standard InChI is InChI=1S/C13H9ClO2/c14-11-4-1-9(2-5-11)10-3-6-12-13(7-10)16-8-15-12/h1-7H,8H2. The minimum Gasteiger partial charge on any atom is -0.454 e. The van der Waals surface area contributed by atoms with Gasteiger partial charge in [-0.25, -0.2) is 0 Å². The third kappa shape index (κ3) is 1.61. The third-order valence-corrected chi connectivity index (χ3v) is 2.80. The quantitative estimate of drug-likeness (QED) is 0.746. The first kappa shape index (κ1) is 9.55. The molecule has 2 aromatic carbocycles. The van der Waals surface area contributed by atoms with Crippen molar-refractivity contribution in [2.45, 2.75) is 0 Å². The van der Waals surface area contributed by atoms with Crippen molar-refractivity contribution >= 4 is 11.6 Å². The highest BCUT2D eigenvalue weighted by molar-refractivity contribution is 6.30. The molecule has 0 saturated carbocycles. The summed E-state index contributed by atoms with van der Waals surface area (Å²) in [6, 6.07) is 13.6. The van der Waals surface area contributed by atoms with Crippen LogP contribution >= 0.6 is 11.6 Å². The highest BCUT2D eigenvalue weighted by atomic mass is 35.5. The van der Waals surface area contributed by atoms with Crippen LogP contribution in [0.2, 0.25) is 5.02 Å². The van der Waals surface area contributed by atoms with E-state index < -0.39 is 0 Å². The summed E-state index contributed by atoms with van der Waals surface area (Å²) >= 11 is 5.85. The van der Waals surface area contributed by atoms with Crippen molar-refractivity contribution in [2.24, 2.45) is 0 Å². The molecule has 0 amide bonds. The van der Waals surface area contributed by atoms with E-state index in [9.17, 15) is 0 Å². The Hall–Kier alpha value is -1.67. The lowest BCUT2D eigenvalue weighted by molar-refractivity contribution is 0.174. The zero-order valence-electron chi connectivity index (χ0n) is 8.44. The van der Waals surface area contributed by atoms with E-state index in [2.05, 4.69) is 0 Å². The molecule has 0 saturated heterocycles. The Bertz CT molecular complexity index is 520. The molecule has 0 bridgehead atoms. The highest BCUT2D eigenvalue weighted by Crippen LogP contribution is 2.35. The number of ether oxygens (including phenoxy) is 2. The van der Waals surface area contributed by atoms with E-state index in [1.807, 2.05) is 42.5 Å². The van der Waals surface area contributed by atoms with Crippen molar-refractivity contribution in [2.75, 3.05) is 6.79 Å². The zero-order valence-corrected chi connectivity index (χ0v) is 9.20. The molecule has 0 atom stereocenters. The molecule has 2 aromatic rings. The van der Waals surface area contributed by atoms with Gasteiger partial charge in [-0.3, -0.25) is 0 Å². The van der Waals surface area contributed by atoms with Crippen LogP contribution in [0.25, 0.3) is 11.1 Å². The zero-order chi connectivity index (χ0) is 11.0. The summed E-state index contributed by atoms with van der Waals surface area (Å²) in [5.41, 5.74) is 2.21. The minimum absolute atomic E-state index is 0.305. The Kier molecular flexibility index (Phi) is 2.22. The van der Waals surface area contributed by atoms with Crippen molar-refractivity contribution < 1.29 is 9.47 Å². The Morgan fingerprint density at radius 1 is 0.812 bits per heavy atom. The van der Waals surface area contributed by atoms with Gasteiger partial charge >= 0.3 is 0 Å². The van der Waals surface area contributed by atoms with Crippen LogP contribution < -0.4 is 9.47 Å². The molecule has 0 spiro atoms. The fraction of sp³-hybridized carbons (Fsp3) is 0.0769. The summed E-state index contributed by atoms with van der Waals surface area (Å²) in [4.78, 5) is 0. The summed E-state index contributed by atoms with van der Waals surface area (Å²) in [5, 5.41) is 0.740. The lowest BCUT2D eigenvalue weighted by atomic mass is 10.1. The molecular formula is C13H9ClO2. The van der Waals surface area contributed by atoms with E-state index in [4.69, 9.17) is 21.1 Å². The number of benzene rings is 2. The van der Waals surface area contributed by atoms with E-state index >= 15 is 0 Å². The van der Waals surface area contributed by atoms with Crippen LogP contribution in [0.15, 0.2) is 42.5 Å². The van der Waals surface area contributed by atoms with Gasteiger partial charge in [0, 0.05) is 5.02 Å². The summed E-state index contributed by atoms with van der Waals surface area (Å²) in [5.74, 6) is 1.60. The molecule has 0 N–H and O–H groups in total. The number of hydrogen-bond donors (Lipinski definition) is 0. The molecular weight excluding hydrogens is 224 g/mol. The van der Waals surface area contributed by atoms with Gasteiger partial charge in [-0.05, 0) is 35.4 Å². The van der Waals surface area contributed by atoms with Gasteiger partial charge in [-0.2, -0.15) is 0 Å². The molecule has 3 rings (SSSR count). The van der Waals surface area contributed by atoms with E-state index in [0.717, 1.165) is 27.6 Å². The van der Waals surface area contributed by atoms with E-state index in [1.165, 1.54) is 0 Å². The molecule has 1 aliphatic heterocycles. The van der Waals surface area contributed by atoms with Gasteiger partial charge in [0.1, 0.15) is 0 Å². The maximum Gasteiger partial charge on any atom is 0.231 e. The predicted octanol–water partition coefficient (Wildman–Crippen LogP) is 3.74. The van der Waals surface area contributed by atoms with Gasteiger partial charge < -0.3 is 9.47 Å². The first-order valence-corrected chi connectivity index (χ1v) is 5.36. The van der Waals surface area contributed by atoms with Gasteiger partial charge in [-0.1, -0.05) is 29.8 Å². The van der Waals surface area contributed by atoms with Crippen molar-refractivity contribution in [3.63, 3.8) is 0 Å². The van der Waals surface area contributed by atoms with Crippen LogP contribution in [0.3, 0.4) is 0 Å². The molecule has 2 nitrogen and oxygen atoms in total. The van der Waals surface area contributed by atoms with E-state index in [0.29, 0.717) is 6.79 Å². The van der Waals surface area contributed by atoms with E-state index in [1.54, 1.807) is 0 Å². The second-order valence-corrected chi connectivity index (χ2v) is 4.01. The average molecular weight is 233 g/mol. The number of fused-ring (bicyclic) bond motifs is 1. The maximum atomic E-state index is 5.85. The Morgan fingerprint density at radius 2 is 1.50 bits per heavy atom. The Balaban J connectivity index is 2.03. The lowest BCUT2D eigenvalue weighted by Gasteiger charge is -2.03. The number of halogens is 1. The summed E-state index contributed by atoms with van der Waals surface area (Å²) < 4.78 is 10.6. The SMILES string of the molecule is Clc1ccc(-c2ccc3c(c2)OCO3)cc1. The van der Waals surface area contributed by atoms with Gasteiger partial charge in [0.05, 0.1) is 0 Å². The fourth-order valence-corrected chi connectivity index (χ4v) is 1.84. The van der Waals surface area contributed by atoms with E-state index in [-0.39, 0.29) is 0 Å². The van der Waals surface area contributed by atoms with Gasteiger partial charge in [0.15, 0.2) is 11.5 Å². The minimum atomic E-state index is 0.305. The second-order valence-electron chi connectivity index (χ2n) is 3.57. The summed E-state index contributed by atoms with van der Waals surface area (Å²) in [6.45, 7) is 0.305. The molecule has 1 aliphatic rings. The molecule has 0 aliphatic carbocycles. The predicted molar refractivity (Wildman–Crippen MR) is 63.0 cm³/mol. The van der Waals surface area contributed by atoms with Crippen LogP contribution in [0.5, 0.6) is 11.5 Å². The van der Waals surface area contributed by atoms with Gasteiger partial charge in [-0.15, -0.1) is 0 Å². The van der Waals surface area contributed by atoms with Crippen LogP contribution in [0, 0.1) is 0 Å². The molecule has 16 heavy (non-hydrogen) atoms. The smallest absolute Gasteiger partial charge is 0.231 e. The summed E-state index contributed by atoms with van der Waals surface area (Å²) in [7, 11) is 0. The Labute approximate surface area is 98.4 Å². The largest absolute Gasteiger partial charge is 0.454 e. The van der Waals surface area contributed by atoms with Crippen molar-refractivity contribution in [1.82, 2.24) is 0 Å². The first-order chi connectivity index (χ1) is 7.83. The molecule has 3 heteroatoms. The van der Waals surface area contributed by atoms with Crippen molar-refractivity contribution in [3.05, 3.63) is 47.5 Å². The Morgan fingerprint density at radius 3 is 2.31 bits per heavy atom. The van der Waals surface area contributed by atoms with Gasteiger partial charge in [0.2, 0.25) is 6.79 Å². The second kappa shape index (κ2) is 3.72. The van der Waals surface area contributed by atoms with Crippen molar-refractivity contribution in [3.8, 4) is 22.6 Å². The highest BCUT2D eigenvalue weighted by Gasteiger charge is 2.13. The monoisotopic (exact) mass is 232 g/mol. The lowest BCUT2D eigenvalue weighted by Crippen LogP contribution is -1.92.